The molecule has 2 heteroatoms. The van der Waals surface area contributed by atoms with Crippen molar-refractivity contribution in [2.24, 2.45) is 0 Å². The molecule has 0 bridgehead atoms. The van der Waals surface area contributed by atoms with Crippen molar-refractivity contribution in [1.82, 2.24) is 0 Å². The second-order valence-corrected chi connectivity index (χ2v) is 6.73. The Hall–Kier alpha value is -0.301. The molecule has 14 heavy (non-hydrogen) atoms. The molecule has 1 aromatic carbocycles. The van der Waals surface area contributed by atoms with Crippen LogP contribution in [0.15, 0.2) is 30.3 Å². The molecule has 1 aromatic rings. The molecular formula is C12H16OSe. The fourth-order valence-electron chi connectivity index (χ4n) is 1.76. The van der Waals surface area contributed by atoms with E-state index in [1.54, 1.807) is 0 Å². The predicted molar refractivity (Wildman–Crippen MR) is 60.2 cm³/mol. The van der Waals surface area contributed by atoms with Crippen LogP contribution in [-0.2, 0) is 4.74 Å². The minimum atomic E-state index is 0.523. The van der Waals surface area contributed by atoms with Gasteiger partial charge in [-0.15, -0.1) is 0 Å². The van der Waals surface area contributed by atoms with E-state index in [0.29, 0.717) is 25.9 Å². The zero-order valence-corrected chi connectivity index (χ0v) is 10.2. The van der Waals surface area contributed by atoms with Crippen LogP contribution in [0.2, 0.25) is 4.82 Å². The number of benzene rings is 1. The molecule has 0 radical (unpaired) electrons. The Labute approximate surface area is 92.0 Å². The Bertz CT molecular complexity index is 267. The Kier molecular flexibility index (Phi) is 3.63. The van der Waals surface area contributed by atoms with Gasteiger partial charge < -0.3 is 0 Å². The van der Waals surface area contributed by atoms with E-state index >= 15 is 0 Å². The van der Waals surface area contributed by atoms with Crippen molar-refractivity contribution in [3.8, 4) is 0 Å². The first kappa shape index (κ1) is 10.2. The number of hydrogen-bond donors (Lipinski definition) is 0. The summed E-state index contributed by atoms with van der Waals surface area (Å²) < 4.78 is 7.19. The molecule has 0 amide bonds. The standard InChI is InChI=1S/C12H16OSe/c1-10(12-8-5-9-13-12)14-11-6-3-2-4-7-11/h2-4,6-7,10,12H,5,8-9H2,1H3/t10?,12-/m0/s1. The van der Waals surface area contributed by atoms with E-state index in [1.807, 2.05) is 0 Å². The quantitative estimate of drug-likeness (QED) is 0.751. The van der Waals surface area contributed by atoms with Crippen molar-refractivity contribution in [2.45, 2.75) is 30.7 Å². The molecule has 1 aliphatic heterocycles. The molecular weight excluding hydrogens is 239 g/mol. The average molecular weight is 255 g/mol. The van der Waals surface area contributed by atoms with Gasteiger partial charge in [0.1, 0.15) is 0 Å². The molecule has 0 aromatic heterocycles. The normalized spacial score (nSPS) is 23.6. The number of ether oxygens (including phenoxy) is 1. The van der Waals surface area contributed by atoms with Gasteiger partial charge in [-0.1, -0.05) is 0 Å². The van der Waals surface area contributed by atoms with Gasteiger partial charge in [-0.05, 0) is 0 Å². The van der Waals surface area contributed by atoms with Gasteiger partial charge >= 0.3 is 91.8 Å². The van der Waals surface area contributed by atoms with Crippen molar-refractivity contribution >= 4 is 19.4 Å². The summed E-state index contributed by atoms with van der Waals surface area (Å²) in [7, 11) is 0. The van der Waals surface area contributed by atoms with Crippen molar-refractivity contribution in [3.05, 3.63) is 30.3 Å². The Morgan fingerprint density at radius 1 is 1.36 bits per heavy atom. The van der Waals surface area contributed by atoms with Gasteiger partial charge in [-0.3, -0.25) is 0 Å². The third kappa shape index (κ3) is 2.60. The SMILES string of the molecule is CC([Se]c1ccccc1)[C@@H]1CCCO1. The molecule has 1 saturated heterocycles. The molecule has 0 aliphatic carbocycles. The van der Waals surface area contributed by atoms with E-state index < -0.39 is 0 Å². The van der Waals surface area contributed by atoms with Crippen LogP contribution >= 0.6 is 0 Å². The first-order valence-corrected chi connectivity index (χ1v) is 7.04. The van der Waals surface area contributed by atoms with Gasteiger partial charge in [0.15, 0.2) is 0 Å². The van der Waals surface area contributed by atoms with E-state index in [4.69, 9.17) is 4.74 Å². The molecule has 1 unspecified atom stereocenters. The molecule has 0 saturated carbocycles. The zero-order chi connectivity index (χ0) is 9.80. The summed E-state index contributed by atoms with van der Waals surface area (Å²) in [6, 6.07) is 10.8. The summed E-state index contributed by atoms with van der Waals surface area (Å²) in [5.41, 5.74) is 0. The third-order valence-electron chi connectivity index (χ3n) is 2.55. The molecule has 0 spiro atoms. The summed E-state index contributed by atoms with van der Waals surface area (Å²) in [5.74, 6) is 0. The van der Waals surface area contributed by atoms with Crippen LogP contribution in [-0.4, -0.2) is 27.7 Å². The summed E-state index contributed by atoms with van der Waals surface area (Å²) in [6.07, 6.45) is 3.03. The summed E-state index contributed by atoms with van der Waals surface area (Å²) >= 11 is 0.566. The maximum absolute atomic E-state index is 5.70. The van der Waals surface area contributed by atoms with Crippen LogP contribution in [0.5, 0.6) is 0 Å². The third-order valence-corrected chi connectivity index (χ3v) is 5.11. The summed E-state index contributed by atoms with van der Waals surface area (Å²) in [5, 5.41) is 0. The molecule has 1 heterocycles. The van der Waals surface area contributed by atoms with Gasteiger partial charge in [0.25, 0.3) is 0 Å². The topological polar surface area (TPSA) is 9.23 Å². The first-order chi connectivity index (χ1) is 6.86. The monoisotopic (exact) mass is 256 g/mol. The van der Waals surface area contributed by atoms with Crippen LogP contribution in [0.4, 0.5) is 0 Å². The summed E-state index contributed by atoms with van der Waals surface area (Å²) in [4.78, 5) is 0.715. The van der Waals surface area contributed by atoms with Gasteiger partial charge in [-0.2, -0.15) is 0 Å². The Morgan fingerprint density at radius 3 is 2.79 bits per heavy atom. The fraction of sp³-hybridized carbons (Fsp3) is 0.500. The molecule has 2 rings (SSSR count). The second kappa shape index (κ2) is 4.97. The molecule has 1 fully saturated rings. The van der Waals surface area contributed by atoms with Crippen LogP contribution in [0, 0.1) is 0 Å². The zero-order valence-electron chi connectivity index (χ0n) is 8.48. The van der Waals surface area contributed by atoms with Gasteiger partial charge in [0.05, 0.1) is 0 Å². The molecule has 0 N–H and O–H groups in total. The second-order valence-electron chi connectivity index (χ2n) is 3.69. The van der Waals surface area contributed by atoms with Crippen molar-refractivity contribution < 1.29 is 4.74 Å². The van der Waals surface area contributed by atoms with E-state index in [0.717, 1.165) is 6.61 Å². The number of rotatable bonds is 3. The Morgan fingerprint density at radius 2 is 2.14 bits per heavy atom. The molecule has 76 valence electrons. The van der Waals surface area contributed by atoms with Crippen molar-refractivity contribution in [3.63, 3.8) is 0 Å². The molecule has 1 nitrogen and oxygen atoms in total. The Balaban J connectivity index is 1.90. The van der Waals surface area contributed by atoms with Crippen molar-refractivity contribution in [2.75, 3.05) is 6.61 Å². The van der Waals surface area contributed by atoms with Crippen LogP contribution in [0.25, 0.3) is 0 Å². The van der Waals surface area contributed by atoms with Gasteiger partial charge in [-0.25, -0.2) is 0 Å². The van der Waals surface area contributed by atoms with Gasteiger partial charge in [0.2, 0.25) is 0 Å². The summed E-state index contributed by atoms with van der Waals surface area (Å²) in [6.45, 7) is 3.29. The van der Waals surface area contributed by atoms with E-state index in [2.05, 4.69) is 37.3 Å². The van der Waals surface area contributed by atoms with Crippen LogP contribution in [0.3, 0.4) is 0 Å². The van der Waals surface area contributed by atoms with Crippen LogP contribution < -0.4 is 4.46 Å². The predicted octanol–water partition coefficient (Wildman–Crippen LogP) is 2.00. The van der Waals surface area contributed by atoms with Gasteiger partial charge in [0, 0.05) is 0 Å². The molecule has 2 atom stereocenters. The minimum absolute atomic E-state index is 0.523. The molecule has 1 aliphatic rings. The van der Waals surface area contributed by atoms with E-state index in [-0.39, 0.29) is 0 Å². The van der Waals surface area contributed by atoms with E-state index in [9.17, 15) is 0 Å². The van der Waals surface area contributed by atoms with Crippen molar-refractivity contribution in [1.29, 1.82) is 0 Å². The first-order valence-electron chi connectivity index (χ1n) is 5.19. The fourth-order valence-corrected chi connectivity index (χ4v) is 4.09. The van der Waals surface area contributed by atoms with E-state index in [1.165, 1.54) is 17.3 Å². The maximum atomic E-state index is 5.70. The average Bonchev–Trinajstić information content (AvgIpc) is 2.72. The number of hydrogen-bond acceptors (Lipinski definition) is 1. The van der Waals surface area contributed by atoms with Crippen LogP contribution in [0.1, 0.15) is 19.8 Å².